The Bertz CT molecular complexity index is 698. The lowest BCUT2D eigenvalue weighted by molar-refractivity contribution is 0.0940. The molecule has 0 fully saturated rings. The third-order valence-electron chi connectivity index (χ3n) is 3.55. The van der Waals surface area contributed by atoms with Crippen molar-refractivity contribution in [1.29, 1.82) is 0 Å². The number of hydrogen-bond acceptors (Lipinski definition) is 4. The summed E-state index contributed by atoms with van der Waals surface area (Å²) in [6.45, 7) is 9.43. The summed E-state index contributed by atoms with van der Waals surface area (Å²) in [5, 5.41) is 11.0. The van der Waals surface area contributed by atoms with E-state index in [2.05, 4.69) is 20.7 Å². The molecule has 0 saturated carbocycles. The summed E-state index contributed by atoms with van der Waals surface area (Å²) in [7, 11) is 0. The summed E-state index contributed by atoms with van der Waals surface area (Å²) in [5.74, 6) is 0.679. The quantitative estimate of drug-likeness (QED) is 0.806. The summed E-state index contributed by atoms with van der Waals surface area (Å²) in [6, 6.07) is 7.57. The highest BCUT2D eigenvalue weighted by atomic mass is 35.5. The molecule has 0 bridgehead atoms. The van der Waals surface area contributed by atoms with Gasteiger partial charge in [0.05, 0.1) is 10.7 Å². The highest BCUT2D eigenvalue weighted by Crippen LogP contribution is 2.23. The van der Waals surface area contributed by atoms with Gasteiger partial charge in [-0.2, -0.15) is 0 Å². The number of aromatic nitrogens is 3. The Labute approximate surface area is 147 Å². The Balaban J connectivity index is 2.25. The molecule has 1 amide bonds. The number of nitrogens with zero attached hydrogens (tertiary/aromatic N) is 3. The fourth-order valence-electron chi connectivity index (χ4n) is 2.34. The smallest absolute Gasteiger partial charge is 0.291 e. The minimum absolute atomic E-state index is 0.107. The molecular formula is C17H24ClN5O. The number of halogens is 1. The Morgan fingerprint density at radius 1 is 1.29 bits per heavy atom. The van der Waals surface area contributed by atoms with Gasteiger partial charge in [0.2, 0.25) is 5.82 Å². The summed E-state index contributed by atoms with van der Waals surface area (Å²) in [4.78, 5) is 16.8. The van der Waals surface area contributed by atoms with E-state index in [0.717, 1.165) is 12.2 Å². The fourth-order valence-corrected chi connectivity index (χ4v) is 2.56. The van der Waals surface area contributed by atoms with Crippen molar-refractivity contribution in [2.75, 3.05) is 13.1 Å². The third kappa shape index (κ3) is 4.33. The van der Waals surface area contributed by atoms with E-state index in [1.54, 1.807) is 10.7 Å². The van der Waals surface area contributed by atoms with Gasteiger partial charge in [0.25, 0.3) is 5.91 Å². The number of carbonyl (C=O) groups is 1. The molecule has 0 saturated heterocycles. The molecule has 6 nitrogen and oxygen atoms in total. The van der Waals surface area contributed by atoms with Crippen molar-refractivity contribution >= 4 is 17.5 Å². The molecule has 2 rings (SSSR count). The molecule has 0 unspecified atom stereocenters. The number of carbonyl (C=O) groups excluding carboxylic acids is 1. The number of amides is 1. The number of likely N-dealkylation sites (N-methyl/N-ethyl adjacent to an activating group) is 1. The van der Waals surface area contributed by atoms with Crippen molar-refractivity contribution in [2.45, 2.75) is 39.7 Å². The zero-order valence-corrected chi connectivity index (χ0v) is 15.3. The molecule has 0 spiro atoms. The Morgan fingerprint density at radius 2 is 2.00 bits per heavy atom. The van der Waals surface area contributed by atoms with Crippen molar-refractivity contribution in [3.8, 4) is 5.69 Å². The van der Waals surface area contributed by atoms with Crippen molar-refractivity contribution in [3.05, 3.63) is 40.9 Å². The Hall–Kier alpha value is -1.92. The maximum atomic E-state index is 12.3. The standard InChI is InChI=1S/C17H24ClN5O/c1-5-19-12(4)10-20-17(24)15-21-16(11(2)3)23(22-15)14-9-7-6-8-13(14)18/h6-9,11-12,19H,5,10H2,1-4H3,(H,20,24)/t12-/m1/s1. The second-order valence-electron chi connectivity index (χ2n) is 5.98. The summed E-state index contributed by atoms with van der Waals surface area (Å²) >= 11 is 6.26. The van der Waals surface area contributed by atoms with Gasteiger partial charge in [-0.05, 0) is 25.6 Å². The largest absolute Gasteiger partial charge is 0.348 e. The van der Waals surface area contributed by atoms with Crippen LogP contribution in [0, 0.1) is 0 Å². The molecule has 1 atom stereocenters. The average Bonchev–Trinajstić information content (AvgIpc) is 2.99. The van der Waals surface area contributed by atoms with Crippen LogP contribution in [0.1, 0.15) is 50.1 Å². The summed E-state index contributed by atoms with van der Waals surface area (Å²) < 4.78 is 1.65. The van der Waals surface area contributed by atoms with Gasteiger partial charge >= 0.3 is 0 Å². The van der Waals surface area contributed by atoms with Gasteiger partial charge in [-0.25, -0.2) is 9.67 Å². The first-order valence-electron chi connectivity index (χ1n) is 8.17. The molecule has 1 aromatic carbocycles. The third-order valence-corrected chi connectivity index (χ3v) is 3.87. The number of para-hydroxylation sites is 1. The summed E-state index contributed by atoms with van der Waals surface area (Å²) in [6.07, 6.45) is 0. The van der Waals surface area contributed by atoms with Crippen molar-refractivity contribution in [3.63, 3.8) is 0 Å². The first-order chi connectivity index (χ1) is 11.4. The molecule has 7 heteroatoms. The van der Waals surface area contributed by atoms with Gasteiger partial charge in [-0.15, -0.1) is 5.10 Å². The van der Waals surface area contributed by atoms with E-state index < -0.39 is 0 Å². The van der Waals surface area contributed by atoms with Crippen LogP contribution >= 0.6 is 11.6 Å². The second-order valence-corrected chi connectivity index (χ2v) is 6.39. The number of hydrogen-bond donors (Lipinski definition) is 2. The van der Waals surface area contributed by atoms with Gasteiger partial charge in [0, 0.05) is 18.5 Å². The van der Waals surface area contributed by atoms with Crippen LogP contribution in [0.3, 0.4) is 0 Å². The lowest BCUT2D eigenvalue weighted by atomic mass is 10.2. The zero-order chi connectivity index (χ0) is 17.7. The molecule has 0 aliphatic heterocycles. The van der Waals surface area contributed by atoms with Crippen LogP contribution in [0.25, 0.3) is 5.69 Å². The molecule has 1 heterocycles. The fraction of sp³-hybridized carbons (Fsp3) is 0.471. The van der Waals surface area contributed by atoms with Crippen LogP contribution in [0.4, 0.5) is 0 Å². The second kappa shape index (κ2) is 8.26. The minimum atomic E-state index is -0.285. The van der Waals surface area contributed by atoms with Gasteiger partial charge in [-0.1, -0.05) is 44.5 Å². The van der Waals surface area contributed by atoms with Crippen molar-refractivity contribution in [2.24, 2.45) is 0 Å². The lowest BCUT2D eigenvalue weighted by Crippen LogP contribution is -2.39. The Kier molecular flexibility index (Phi) is 6.34. The summed E-state index contributed by atoms with van der Waals surface area (Å²) in [5.41, 5.74) is 0.718. The highest BCUT2D eigenvalue weighted by Gasteiger charge is 2.20. The van der Waals surface area contributed by atoms with E-state index >= 15 is 0 Å². The predicted molar refractivity (Wildman–Crippen MR) is 95.9 cm³/mol. The average molecular weight is 350 g/mol. The van der Waals surface area contributed by atoms with E-state index in [1.807, 2.05) is 45.9 Å². The molecule has 0 radical (unpaired) electrons. The molecule has 2 aromatic rings. The first-order valence-corrected chi connectivity index (χ1v) is 8.55. The van der Waals surface area contributed by atoms with Crippen LogP contribution < -0.4 is 10.6 Å². The first kappa shape index (κ1) is 18.4. The highest BCUT2D eigenvalue weighted by molar-refractivity contribution is 6.32. The number of rotatable bonds is 7. The van der Waals surface area contributed by atoms with Crippen LogP contribution in [0.2, 0.25) is 5.02 Å². The minimum Gasteiger partial charge on any atom is -0.348 e. The molecular weight excluding hydrogens is 326 g/mol. The maximum Gasteiger partial charge on any atom is 0.291 e. The van der Waals surface area contributed by atoms with Gasteiger partial charge < -0.3 is 10.6 Å². The van der Waals surface area contributed by atoms with Crippen molar-refractivity contribution < 1.29 is 4.79 Å². The van der Waals surface area contributed by atoms with E-state index in [1.165, 1.54) is 0 Å². The molecule has 130 valence electrons. The van der Waals surface area contributed by atoms with Gasteiger partial charge in [0.1, 0.15) is 5.82 Å². The molecule has 0 aliphatic carbocycles. The lowest BCUT2D eigenvalue weighted by Gasteiger charge is -2.11. The van der Waals surface area contributed by atoms with E-state index in [4.69, 9.17) is 11.6 Å². The van der Waals surface area contributed by atoms with E-state index in [0.29, 0.717) is 17.4 Å². The molecule has 1 aromatic heterocycles. The molecule has 0 aliphatic rings. The normalized spacial score (nSPS) is 12.4. The van der Waals surface area contributed by atoms with Gasteiger partial charge in [0.15, 0.2) is 0 Å². The van der Waals surface area contributed by atoms with Crippen LogP contribution in [0.15, 0.2) is 24.3 Å². The molecule has 24 heavy (non-hydrogen) atoms. The van der Waals surface area contributed by atoms with Crippen LogP contribution in [-0.2, 0) is 0 Å². The molecule has 2 N–H and O–H groups in total. The number of nitrogens with one attached hydrogen (secondary N) is 2. The van der Waals surface area contributed by atoms with Gasteiger partial charge in [-0.3, -0.25) is 4.79 Å². The van der Waals surface area contributed by atoms with Crippen LogP contribution in [0.5, 0.6) is 0 Å². The number of benzene rings is 1. The topological polar surface area (TPSA) is 71.8 Å². The van der Waals surface area contributed by atoms with E-state index in [9.17, 15) is 4.79 Å². The van der Waals surface area contributed by atoms with Crippen molar-refractivity contribution in [1.82, 2.24) is 25.4 Å². The van der Waals surface area contributed by atoms with Crippen LogP contribution in [-0.4, -0.2) is 39.8 Å². The monoisotopic (exact) mass is 349 g/mol. The maximum absolute atomic E-state index is 12.3. The zero-order valence-electron chi connectivity index (χ0n) is 14.5. The van der Waals surface area contributed by atoms with E-state index in [-0.39, 0.29) is 23.7 Å². The Morgan fingerprint density at radius 3 is 2.62 bits per heavy atom. The SMILES string of the molecule is CCN[C@H](C)CNC(=O)c1nc(C(C)C)n(-c2ccccc2Cl)n1. The predicted octanol–water partition coefficient (Wildman–Crippen LogP) is 2.77.